The summed E-state index contributed by atoms with van der Waals surface area (Å²) in [6.07, 6.45) is 4.80. The number of rotatable bonds is 6. The molecule has 33 heavy (non-hydrogen) atoms. The molecule has 2 amide bonds. The molecule has 1 aliphatic carbocycles. The fourth-order valence-corrected chi connectivity index (χ4v) is 3.83. The van der Waals surface area contributed by atoms with Crippen LogP contribution in [0.5, 0.6) is 17.4 Å². The van der Waals surface area contributed by atoms with Crippen molar-refractivity contribution in [3.63, 3.8) is 0 Å². The number of hydrogen-bond donors (Lipinski definition) is 2. The average Bonchev–Trinajstić information content (AvgIpc) is 3.42. The van der Waals surface area contributed by atoms with Gasteiger partial charge in [-0.25, -0.2) is 14.8 Å². The summed E-state index contributed by atoms with van der Waals surface area (Å²) in [5, 5.41) is 5.24. The summed E-state index contributed by atoms with van der Waals surface area (Å²) in [6.45, 7) is 9.79. The van der Waals surface area contributed by atoms with E-state index < -0.39 is 23.6 Å². The Bertz CT molecular complexity index is 1060. The Morgan fingerprint density at radius 2 is 1.97 bits per heavy atom. The van der Waals surface area contributed by atoms with Crippen LogP contribution in [0.25, 0.3) is 0 Å². The van der Waals surface area contributed by atoms with E-state index >= 15 is 0 Å². The Hall–Kier alpha value is -3.36. The Kier molecular flexibility index (Phi) is 5.90. The van der Waals surface area contributed by atoms with Gasteiger partial charge in [0, 0.05) is 11.0 Å². The van der Waals surface area contributed by atoms with Crippen molar-refractivity contribution in [1.29, 1.82) is 0 Å². The number of amides is 2. The molecule has 9 nitrogen and oxygen atoms in total. The van der Waals surface area contributed by atoms with E-state index in [-0.39, 0.29) is 11.2 Å². The van der Waals surface area contributed by atoms with Crippen LogP contribution in [0.2, 0.25) is 0 Å². The van der Waals surface area contributed by atoms with E-state index in [1.54, 1.807) is 27.7 Å². The largest absolute Gasteiger partial charge is 0.492 e. The zero-order valence-corrected chi connectivity index (χ0v) is 19.7. The lowest BCUT2D eigenvalue weighted by atomic mass is 9.95. The van der Waals surface area contributed by atoms with E-state index in [4.69, 9.17) is 14.2 Å². The van der Waals surface area contributed by atoms with Crippen molar-refractivity contribution in [2.45, 2.75) is 70.9 Å². The van der Waals surface area contributed by atoms with E-state index in [0.29, 0.717) is 18.9 Å². The number of nitrogens with one attached hydrogen (secondary N) is 2. The molecule has 1 atom stereocenters. The molecule has 1 aromatic heterocycles. The van der Waals surface area contributed by atoms with Crippen LogP contribution in [0.1, 0.15) is 58.1 Å². The van der Waals surface area contributed by atoms with Gasteiger partial charge >= 0.3 is 6.09 Å². The lowest BCUT2D eigenvalue weighted by molar-refractivity contribution is -0.118. The van der Waals surface area contributed by atoms with Gasteiger partial charge in [-0.05, 0) is 58.6 Å². The summed E-state index contributed by atoms with van der Waals surface area (Å²) in [5.41, 5.74) is 1.62. The molecule has 0 radical (unpaired) electrons. The zero-order valence-electron chi connectivity index (χ0n) is 19.7. The first-order valence-electron chi connectivity index (χ1n) is 11.2. The molecular formula is C24H30N4O5. The highest BCUT2D eigenvalue weighted by Crippen LogP contribution is 2.59. The van der Waals surface area contributed by atoms with Crippen molar-refractivity contribution in [2.75, 3.05) is 11.9 Å². The minimum absolute atomic E-state index is 0.0638. The fraction of sp³-hybridized carbons (Fsp3) is 0.500. The minimum atomic E-state index is -0.762. The number of ether oxygens (including phenoxy) is 3. The normalized spacial score (nSPS) is 16.4. The van der Waals surface area contributed by atoms with Gasteiger partial charge < -0.3 is 24.8 Å². The smallest absolute Gasteiger partial charge is 0.408 e. The summed E-state index contributed by atoms with van der Waals surface area (Å²) in [7, 11) is 0. The number of fused-ring (bicyclic) bond motifs is 2. The van der Waals surface area contributed by atoms with Crippen LogP contribution in [0.15, 0.2) is 24.5 Å². The van der Waals surface area contributed by atoms with Crippen LogP contribution >= 0.6 is 0 Å². The predicted molar refractivity (Wildman–Crippen MR) is 122 cm³/mol. The molecule has 176 valence electrons. The van der Waals surface area contributed by atoms with Crippen LogP contribution in [0, 0.1) is 6.92 Å². The van der Waals surface area contributed by atoms with Gasteiger partial charge in [0.1, 0.15) is 23.1 Å². The van der Waals surface area contributed by atoms with Crippen LogP contribution in [0.4, 0.5) is 10.6 Å². The number of benzene rings is 1. The molecule has 2 aliphatic rings. The Morgan fingerprint density at radius 1 is 1.21 bits per heavy atom. The van der Waals surface area contributed by atoms with E-state index in [9.17, 15) is 9.59 Å². The Labute approximate surface area is 193 Å². The van der Waals surface area contributed by atoms with Gasteiger partial charge in [0.2, 0.25) is 11.8 Å². The molecular weight excluding hydrogens is 424 g/mol. The summed E-state index contributed by atoms with van der Waals surface area (Å²) in [5.74, 6) is 1.80. The number of carbonyl (C=O) groups excluding carboxylic acids is 2. The van der Waals surface area contributed by atoms with Crippen LogP contribution in [-0.2, 0) is 14.9 Å². The lowest BCUT2D eigenvalue weighted by Crippen LogP contribution is -2.45. The molecule has 1 unspecified atom stereocenters. The molecule has 9 heteroatoms. The van der Waals surface area contributed by atoms with Crippen molar-refractivity contribution in [2.24, 2.45) is 0 Å². The molecule has 1 fully saturated rings. The quantitative estimate of drug-likeness (QED) is 0.671. The molecule has 4 rings (SSSR count). The summed E-state index contributed by atoms with van der Waals surface area (Å²) >= 11 is 0. The van der Waals surface area contributed by atoms with E-state index in [0.717, 1.165) is 35.5 Å². The first-order chi connectivity index (χ1) is 15.6. The molecule has 0 bridgehead atoms. The van der Waals surface area contributed by atoms with Crippen molar-refractivity contribution in [1.82, 2.24) is 15.3 Å². The number of carbonyl (C=O) groups is 2. The fourth-order valence-electron chi connectivity index (χ4n) is 3.83. The van der Waals surface area contributed by atoms with Gasteiger partial charge in [0.05, 0.1) is 19.0 Å². The number of nitrogens with zero attached hydrogens (tertiary/aromatic N) is 2. The monoisotopic (exact) mass is 454 g/mol. The maximum atomic E-state index is 12.6. The van der Waals surface area contributed by atoms with Crippen molar-refractivity contribution >= 4 is 17.8 Å². The zero-order chi connectivity index (χ0) is 23.8. The molecule has 2 aromatic rings. The molecule has 2 heterocycles. The number of anilines is 1. The van der Waals surface area contributed by atoms with E-state index in [1.165, 1.54) is 12.4 Å². The van der Waals surface area contributed by atoms with Crippen molar-refractivity contribution in [3.05, 3.63) is 35.7 Å². The third-order valence-corrected chi connectivity index (χ3v) is 5.70. The predicted octanol–water partition coefficient (Wildman–Crippen LogP) is 4.24. The molecule has 1 spiro atoms. The lowest BCUT2D eigenvalue weighted by Gasteiger charge is -2.22. The first-order valence-corrected chi connectivity index (χ1v) is 11.2. The minimum Gasteiger partial charge on any atom is -0.492 e. The second kappa shape index (κ2) is 8.53. The number of aromatic nitrogens is 2. The standard InChI is InChI=1S/C24H30N4O5/c1-6-15(27-22(30)33-23(3,4)5)21(29)28-17-11-26-18(12-25-17)32-16-8-7-14(2)20-19(16)24(9-10-24)13-31-20/h7-8,11-12,15H,6,9-10,13H2,1-5H3,(H,27,30)(H,25,28,29). The van der Waals surface area contributed by atoms with Gasteiger partial charge in [-0.15, -0.1) is 0 Å². The second-order valence-electron chi connectivity index (χ2n) is 9.59. The second-order valence-corrected chi connectivity index (χ2v) is 9.59. The average molecular weight is 455 g/mol. The molecule has 1 aromatic carbocycles. The van der Waals surface area contributed by atoms with Crippen LogP contribution in [0.3, 0.4) is 0 Å². The topological polar surface area (TPSA) is 112 Å². The van der Waals surface area contributed by atoms with Crippen LogP contribution in [-0.4, -0.2) is 40.2 Å². The summed E-state index contributed by atoms with van der Waals surface area (Å²) < 4.78 is 17.2. The van der Waals surface area contributed by atoms with Gasteiger partial charge in [0.15, 0.2) is 5.82 Å². The van der Waals surface area contributed by atoms with E-state index in [2.05, 4.69) is 20.6 Å². The Balaban J connectivity index is 1.40. The number of aryl methyl sites for hydroxylation is 1. The summed E-state index contributed by atoms with van der Waals surface area (Å²) in [4.78, 5) is 33.1. The number of alkyl carbamates (subject to hydrolysis) is 1. The SMILES string of the molecule is CCC(NC(=O)OC(C)(C)C)C(=O)Nc1cnc(Oc2ccc(C)c3c2C2(CC2)CO3)cn1. The van der Waals surface area contributed by atoms with Crippen molar-refractivity contribution < 1.29 is 23.8 Å². The first kappa shape index (κ1) is 22.8. The molecule has 1 aliphatic heterocycles. The van der Waals surface area contributed by atoms with Gasteiger partial charge in [0.25, 0.3) is 0 Å². The van der Waals surface area contributed by atoms with E-state index in [1.807, 2.05) is 19.1 Å². The number of hydrogen-bond acceptors (Lipinski definition) is 7. The third-order valence-electron chi connectivity index (χ3n) is 5.70. The Morgan fingerprint density at radius 3 is 2.58 bits per heavy atom. The highest BCUT2D eigenvalue weighted by atomic mass is 16.6. The van der Waals surface area contributed by atoms with Gasteiger partial charge in [-0.2, -0.15) is 0 Å². The highest BCUT2D eigenvalue weighted by Gasteiger charge is 2.53. The maximum absolute atomic E-state index is 12.6. The van der Waals surface area contributed by atoms with Gasteiger partial charge in [-0.1, -0.05) is 13.0 Å². The van der Waals surface area contributed by atoms with Crippen LogP contribution < -0.4 is 20.1 Å². The van der Waals surface area contributed by atoms with Crippen molar-refractivity contribution in [3.8, 4) is 17.4 Å². The van der Waals surface area contributed by atoms with Gasteiger partial charge in [-0.3, -0.25) is 4.79 Å². The molecule has 1 saturated carbocycles. The summed E-state index contributed by atoms with van der Waals surface area (Å²) in [6, 6.07) is 3.15. The molecule has 2 N–H and O–H groups in total. The molecule has 0 saturated heterocycles. The maximum Gasteiger partial charge on any atom is 0.408 e. The third kappa shape index (κ3) is 5.02. The highest BCUT2D eigenvalue weighted by molar-refractivity contribution is 5.95.